The summed E-state index contributed by atoms with van der Waals surface area (Å²) in [6.45, 7) is 4.02. The zero-order chi connectivity index (χ0) is 17.4. The molecule has 1 aliphatic rings. The Morgan fingerprint density at radius 2 is 1.92 bits per heavy atom. The van der Waals surface area contributed by atoms with Crippen LogP contribution in [0.25, 0.3) is 0 Å². The fourth-order valence-electron chi connectivity index (χ4n) is 2.69. The van der Waals surface area contributed by atoms with Gasteiger partial charge in [0.15, 0.2) is 0 Å². The zero-order valence-electron chi connectivity index (χ0n) is 13.9. The quantitative estimate of drug-likeness (QED) is 0.657. The molecule has 2 rings (SSSR count). The summed E-state index contributed by atoms with van der Waals surface area (Å²) >= 11 is 0. The molecule has 1 amide bonds. The normalized spacial score (nSPS) is 17.5. The fraction of sp³-hybridized carbons (Fsp3) is 0.529. The number of benzene rings is 1. The van der Waals surface area contributed by atoms with Gasteiger partial charge in [-0.1, -0.05) is 0 Å². The molecule has 0 aliphatic carbocycles. The van der Waals surface area contributed by atoms with E-state index in [9.17, 15) is 9.59 Å². The maximum atomic E-state index is 11.9. The third kappa shape index (κ3) is 5.42. The van der Waals surface area contributed by atoms with Crippen molar-refractivity contribution >= 4 is 11.9 Å². The van der Waals surface area contributed by atoms with Crippen molar-refractivity contribution in [3.63, 3.8) is 0 Å². The number of carboxylic acid groups (broad SMARTS) is 1. The van der Waals surface area contributed by atoms with Gasteiger partial charge in [-0.2, -0.15) is 0 Å². The molecule has 1 saturated heterocycles. The van der Waals surface area contributed by atoms with Gasteiger partial charge < -0.3 is 19.9 Å². The Morgan fingerprint density at radius 1 is 1.25 bits per heavy atom. The van der Waals surface area contributed by atoms with Crippen molar-refractivity contribution in [3.8, 4) is 11.5 Å². The lowest BCUT2D eigenvalue weighted by atomic mass is 10.2. The average Bonchev–Trinajstić information content (AvgIpc) is 3.02. The Morgan fingerprint density at radius 3 is 2.54 bits per heavy atom. The number of hydrogen-bond donors (Lipinski definition) is 2. The number of carboxylic acids is 1. The number of carbonyl (C=O) groups is 2. The molecule has 1 aromatic carbocycles. The van der Waals surface area contributed by atoms with Gasteiger partial charge in [-0.3, -0.25) is 14.5 Å². The van der Waals surface area contributed by atoms with E-state index in [1.54, 1.807) is 4.90 Å². The van der Waals surface area contributed by atoms with E-state index in [2.05, 4.69) is 5.32 Å². The van der Waals surface area contributed by atoms with Gasteiger partial charge in [-0.25, -0.2) is 0 Å². The van der Waals surface area contributed by atoms with Crippen LogP contribution in [0.15, 0.2) is 24.3 Å². The van der Waals surface area contributed by atoms with Crippen molar-refractivity contribution in [1.82, 2.24) is 10.2 Å². The first-order chi connectivity index (χ1) is 11.6. The number of aliphatic carboxylic acids is 1. The molecule has 0 spiro atoms. The lowest BCUT2D eigenvalue weighted by molar-refractivity contribution is -0.142. The van der Waals surface area contributed by atoms with Crippen molar-refractivity contribution in [2.75, 3.05) is 32.8 Å². The topological polar surface area (TPSA) is 88.1 Å². The molecule has 24 heavy (non-hydrogen) atoms. The van der Waals surface area contributed by atoms with Crippen molar-refractivity contribution in [2.45, 2.75) is 25.8 Å². The molecule has 0 aromatic heterocycles. The molecule has 1 aliphatic heterocycles. The number of amides is 1. The summed E-state index contributed by atoms with van der Waals surface area (Å²) in [5, 5.41) is 11.8. The highest BCUT2D eigenvalue weighted by molar-refractivity contribution is 5.80. The van der Waals surface area contributed by atoms with Crippen LogP contribution in [-0.2, 0) is 9.59 Å². The minimum atomic E-state index is -0.862. The van der Waals surface area contributed by atoms with Gasteiger partial charge in [0, 0.05) is 0 Å². The number of ether oxygens (including phenoxy) is 2. The third-order valence-electron chi connectivity index (χ3n) is 3.82. The molecule has 132 valence electrons. The smallest absolute Gasteiger partial charge is 0.320 e. The van der Waals surface area contributed by atoms with Gasteiger partial charge in [-0.05, 0) is 50.6 Å². The lowest BCUT2D eigenvalue weighted by Gasteiger charge is -2.20. The Balaban J connectivity index is 1.64. The molecule has 2 N–H and O–H groups in total. The number of carbonyl (C=O) groups excluding carboxylic acids is 1. The molecule has 1 atom stereocenters. The average molecular weight is 336 g/mol. The van der Waals surface area contributed by atoms with E-state index < -0.39 is 12.0 Å². The zero-order valence-corrected chi connectivity index (χ0v) is 13.9. The predicted octanol–water partition coefficient (Wildman–Crippen LogP) is 1.13. The second kappa shape index (κ2) is 9.12. The highest BCUT2D eigenvalue weighted by atomic mass is 16.5. The van der Waals surface area contributed by atoms with E-state index in [4.69, 9.17) is 14.6 Å². The van der Waals surface area contributed by atoms with Gasteiger partial charge in [0.1, 0.15) is 24.1 Å². The van der Waals surface area contributed by atoms with Crippen molar-refractivity contribution in [1.29, 1.82) is 0 Å². The van der Waals surface area contributed by atoms with Gasteiger partial charge in [0.2, 0.25) is 5.91 Å². The number of nitrogens with one attached hydrogen (secondary N) is 1. The van der Waals surface area contributed by atoms with Crippen LogP contribution in [0.4, 0.5) is 0 Å². The molecule has 0 saturated carbocycles. The summed E-state index contributed by atoms with van der Waals surface area (Å²) < 4.78 is 10.9. The molecule has 0 radical (unpaired) electrons. The summed E-state index contributed by atoms with van der Waals surface area (Å²) in [5.74, 6) is 0.451. The van der Waals surface area contributed by atoms with Crippen molar-refractivity contribution < 1.29 is 24.2 Å². The number of likely N-dealkylation sites (tertiary alicyclic amines) is 1. The minimum absolute atomic E-state index is 0.111. The standard InChI is InChI=1S/C17H24N2O5/c1-2-23-13-5-7-14(8-6-13)24-11-9-18-16(20)12-19-10-3-4-15(19)17(21)22/h5-8,15H,2-4,9-12H2,1H3,(H,18,20)(H,21,22)/t15-/m0/s1. The van der Waals surface area contributed by atoms with Crippen LogP contribution >= 0.6 is 0 Å². The van der Waals surface area contributed by atoms with Crippen LogP contribution in [0.1, 0.15) is 19.8 Å². The van der Waals surface area contributed by atoms with Crippen LogP contribution in [-0.4, -0.2) is 60.8 Å². The maximum Gasteiger partial charge on any atom is 0.320 e. The summed E-state index contributed by atoms with van der Waals surface area (Å²) in [5.41, 5.74) is 0. The minimum Gasteiger partial charge on any atom is -0.494 e. The van der Waals surface area contributed by atoms with Crippen LogP contribution in [0.3, 0.4) is 0 Å². The number of nitrogens with zero attached hydrogens (tertiary/aromatic N) is 1. The van der Waals surface area contributed by atoms with E-state index in [0.717, 1.165) is 12.2 Å². The van der Waals surface area contributed by atoms with Crippen LogP contribution in [0, 0.1) is 0 Å². The number of rotatable bonds is 9. The Kier molecular flexibility index (Phi) is 6.87. The monoisotopic (exact) mass is 336 g/mol. The summed E-state index contributed by atoms with van der Waals surface area (Å²) in [7, 11) is 0. The van der Waals surface area contributed by atoms with Gasteiger partial charge in [0.25, 0.3) is 0 Å². The molecular weight excluding hydrogens is 312 g/mol. The molecule has 0 bridgehead atoms. The van der Waals surface area contributed by atoms with Gasteiger partial charge in [0.05, 0.1) is 19.7 Å². The van der Waals surface area contributed by atoms with E-state index in [0.29, 0.717) is 38.5 Å². The first kappa shape index (κ1) is 18.1. The second-order valence-electron chi connectivity index (χ2n) is 5.57. The number of hydrogen-bond acceptors (Lipinski definition) is 5. The molecule has 1 fully saturated rings. The summed E-state index contributed by atoms with van der Waals surface area (Å²) in [4.78, 5) is 24.7. The van der Waals surface area contributed by atoms with Gasteiger partial charge >= 0.3 is 5.97 Å². The van der Waals surface area contributed by atoms with E-state index >= 15 is 0 Å². The highest BCUT2D eigenvalue weighted by Gasteiger charge is 2.31. The lowest BCUT2D eigenvalue weighted by Crippen LogP contribution is -2.43. The molecule has 1 aromatic rings. The van der Waals surface area contributed by atoms with Crippen LogP contribution in [0.2, 0.25) is 0 Å². The molecule has 1 heterocycles. The third-order valence-corrected chi connectivity index (χ3v) is 3.82. The Hall–Kier alpha value is -2.28. The fourth-order valence-corrected chi connectivity index (χ4v) is 2.69. The van der Waals surface area contributed by atoms with Gasteiger partial charge in [-0.15, -0.1) is 0 Å². The highest BCUT2D eigenvalue weighted by Crippen LogP contribution is 2.17. The maximum absolute atomic E-state index is 11.9. The summed E-state index contributed by atoms with van der Waals surface area (Å²) in [6.07, 6.45) is 1.41. The van der Waals surface area contributed by atoms with E-state index in [1.165, 1.54) is 0 Å². The van der Waals surface area contributed by atoms with Crippen LogP contribution < -0.4 is 14.8 Å². The summed E-state index contributed by atoms with van der Waals surface area (Å²) in [6, 6.07) is 6.74. The SMILES string of the molecule is CCOc1ccc(OCCNC(=O)CN2CCC[C@H]2C(=O)O)cc1. The first-order valence-corrected chi connectivity index (χ1v) is 8.19. The molecule has 0 unspecified atom stereocenters. The Labute approximate surface area is 141 Å². The Bertz CT molecular complexity index is 546. The van der Waals surface area contributed by atoms with Crippen LogP contribution in [0.5, 0.6) is 11.5 Å². The predicted molar refractivity (Wildman–Crippen MR) is 88.3 cm³/mol. The molecule has 7 heteroatoms. The van der Waals surface area contributed by atoms with E-state index in [1.807, 2.05) is 31.2 Å². The van der Waals surface area contributed by atoms with Crippen molar-refractivity contribution in [3.05, 3.63) is 24.3 Å². The molecule has 7 nitrogen and oxygen atoms in total. The van der Waals surface area contributed by atoms with Crippen molar-refractivity contribution in [2.24, 2.45) is 0 Å². The largest absolute Gasteiger partial charge is 0.494 e. The molecular formula is C17H24N2O5. The second-order valence-corrected chi connectivity index (χ2v) is 5.57. The van der Waals surface area contributed by atoms with E-state index in [-0.39, 0.29) is 12.5 Å². The first-order valence-electron chi connectivity index (χ1n) is 8.19.